The van der Waals surface area contributed by atoms with E-state index >= 15 is 0 Å². The summed E-state index contributed by atoms with van der Waals surface area (Å²) in [6, 6.07) is 9.70. The van der Waals surface area contributed by atoms with E-state index in [1.54, 1.807) is 13.0 Å². The zero-order valence-corrected chi connectivity index (χ0v) is 12.8. The van der Waals surface area contributed by atoms with Crippen LogP contribution >= 0.6 is 0 Å². The predicted octanol–water partition coefficient (Wildman–Crippen LogP) is 1.97. The number of furan rings is 1. The van der Waals surface area contributed by atoms with Crippen molar-refractivity contribution in [3.05, 3.63) is 53.0 Å². The Bertz CT molecular complexity index is 751. The molecule has 1 aromatic heterocycles. The number of hydrogen-bond donors (Lipinski definition) is 2. The molecule has 23 heavy (non-hydrogen) atoms. The fourth-order valence-corrected chi connectivity index (χ4v) is 2.83. The Morgan fingerprint density at radius 3 is 2.87 bits per heavy atom. The van der Waals surface area contributed by atoms with Crippen molar-refractivity contribution in [3.8, 4) is 0 Å². The maximum absolute atomic E-state index is 12.1. The number of para-hydroxylation sites is 1. The van der Waals surface area contributed by atoms with Crippen molar-refractivity contribution in [2.24, 2.45) is 0 Å². The molecule has 1 aliphatic rings. The topological polar surface area (TPSA) is 82.8 Å². The van der Waals surface area contributed by atoms with Crippen LogP contribution in [0.1, 0.15) is 27.4 Å². The van der Waals surface area contributed by atoms with Crippen LogP contribution in [0.2, 0.25) is 0 Å². The van der Waals surface area contributed by atoms with Crippen molar-refractivity contribution < 1.29 is 19.1 Å². The van der Waals surface area contributed by atoms with E-state index in [9.17, 15) is 9.59 Å². The lowest BCUT2D eigenvalue weighted by molar-refractivity contribution is -0.120. The number of rotatable bonds is 5. The van der Waals surface area contributed by atoms with Crippen LogP contribution in [0.3, 0.4) is 0 Å². The number of aryl methyl sites for hydroxylation is 1. The Labute approximate surface area is 133 Å². The molecule has 2 N–H and O–H groups in total. The number of fused-ring (bicyclic) bond motifs is 1. The number of carbonyl (C=O) groups is 2. The Morgan fingerprint density at radius 2 is 2.13 bits per heavy atom. The number of anilines is 1. The molecule has 0 saturated carbocycles. The lowest BCUT2D eigenvalue weighted by Crippen LogP contribution is -2.36. The van der Waals surface area contributed by atoms with Gasteiger partial charge in [0.05, 0.1) is 13.1 Å². The molecule has 0 saturated heterocycles. The minimum absolute atomic E-state index is 0.0808. The van der Waals surface area contributed by atoms with Gasteiger partial charge in [-0.2, -0.15) is 0 Å². The molecule has 6 heteroatoms. The highest BCUT2D eigenvalue weighted by atomic mass is 16.4. The maximum atomic E-state index is 12.1. The third-order valence-electron chi connectivity index (χ3n) is 3.94. The van der Waals surface area contributed by atoms with E-state index in [2.05, 4.69) is 11.4 Å². The highest BCUT2D eigenvalue weighted by Gasteiger charge is 2.20. The fourth-order valence-electron chi connectivity index (χ4n) is 2.83. The predicted molar refractivity (Wildman–Crippen MR) is 84.6 cm³/mol. The van der Waals surface area contributed by atoms with Crippen molar-refractivity contribution >= 4 is 17.6 Å². The van der Waals surface area contributed by atoms with Gasteiger partial charge in [0.1, 0.15) is 5.76 Å². The van der Waals surface area contributed by atoms with E-state index in [0.29, 0.717) is 11.3 Å². The van der Waals surface area contributed by atoms with Crippen LogP contribution in [-0.2, 0) is 17.8 Å². The average Bonchev–Trinajstić information content (AvgIpc) is 3.09. The first kappa shape index (κ1) is 15.1. The molecule has 0 spiro atoms. The van der Waals surface area contributed by atoms with Gasteiger partial charge in [-0.05, 0) is 31.0 Å². The van der Waals surface area contributed by atoms with Gasteiger partial charge >= 0.3 is 5.97 Å². The van der Waals surface area contributed by atoms with E-state index in [-0.39, 0.29) is 24.8 Å². The fraction of sp³-hybridized carbons (Fsp3) is 0.294. The molecule has 1 aliphatic heterocycles. The second kappa shape index (κ2) is 6.16. The van der Waals surface area contributed by atoms with Gasteiger partial charge in [0.15, 0.2) is 0 Å². The molecular weight excluding hydrogens is 296 g/mol. The van der Waals surface area contributed by atoms with Crippen LogP contribution in [0.15, 0.2) is 34.7 Å². The minimum Gasteiger partial charge on any atom is -0.475 e. The number of carboxylic acid groups (broad SMARTS) is 1. The van der Waals surface area contributed by atoms with Gasteiger partial charge in [-0.25, -0.2) is 4.79 Å². The highest BCUT2D eigenvalue weighted by Crippen LogP contribution is 2.26. The Morgan fingerprint density at radius 1 is 1.35 bits per heavy atom. The average molecular weight is 314 g/mol. The summed E-state index contributed by atoms with van der Waals surface area (Å²) in [7, 11) is 0. The maximum Gasteiger partial charge on any atom is 0.372 e. The summed E-state index contributed by atoms with van der Waals surface area (Å²) >= 11 is 0. The van der Waals surface area contributed by atoms with E-state index in [1.165, 1.54) is 5.56 Å². The molecule has 0 radical (unpaired) electrons. The number of nitrogens with zero attached hydrogens (tertiary/aromatic N) is 1. The summed E-state index contributed by atoms with van der Waals surface area (Å²) in [6.07, 6.45) is 0.947. The first-order chi connectivity index (χ1) is 11.0. The summed E-state index contributed by atoms with van der Waals surface area (Å²) in [4.78, 5) is 25.1. The van der Waals surface area contributed by atoms with Crippen LogP contribution in [0.4, 0.5) is 5.69 Å². The molecule has 1 amide bonds. The molecule has 1 aromatic carbocycles. The molecule has 2 heterocycles. The Kier molecular flexibility index (Phi) is 4.06. The monoisotopic (exact) mass is 314 g/mol. The summed E-state index contributed by atoms with van der Waals surface area (Å²) < 4.78 is 5.22. The Hall–Kier alpha value is -2.76. The van der Waals surface area contributed by atoms with Crippen molar-refractivity contribution in [1.29, 1.82) is 0 Å². The SMILES string of the molecule is Cc1cc(CNC(=O)CN2CCc3ccccc32)oc1C(=O)O. The molecule has 0 atom stereocenters. The van der Waals surface area contributed by atoms with Crippen LogP contribution in [0, 0.1) is 6.92 Å². The van der Waals surface area contributed by atoms with Crippen LogP contribution in [0.25, 0.3) is 0 Å². The molecule has 0 bridgehead atoms. The van der Waals surface area contributed by atoms with Crippen molar-refractivity contribution in [1.82, 2.24) is 5.32 Å². The number of carbonyl (C=O) groups excluding carboxylic acids is 1. The number of amides is 1. The molecule has 0 unspecified atom stereocenters. The lowest BCUT2D eigenvalue weighted by Gasteiger charge is -2.18. The summed E-state index contributed by atoms with van der Waals surface area (Å²) in [5.41, 5.74) is 2.91. The molecule has 6 nitrogen and oxygen atoms in total. The minimum atomic E-state index is -1.10. The van der Waals surface area contributed by atoms with Gasteiger partial charge < -0.3 is 19.7 Å². The van der Waals surface area contributed by atoms with Crippen molar-refractivity contribution in [2.45, 2.75) is 19.9 Å². The second-order valence-electron chi connectivity index (χ2n) is 5.61. The molecule has 120 valence electrons. The van der Waals surface area contributed by atoms with Gasteiger partial charge in [-0.3, -0.25) is 4.79 Å². The number of hydrogen-bond acceptors (Lipinski definition) is 4. The smallest absolute Gasteiger partial charge is 0.372 e. The number of nitrogens with one attached hydrogen (secondary N) is 1. The molecule has 0 aliphatic carbocycles. The standard InChI is InChI=1S/C17H18N2O4/c1-11-8-13(23-16(11)17(21)22)9-18-15(20)10-19-7-6-12-4-2-3-5-14(12)19/h2-5,8H,6-7,9-10H2,1H3,(H,18,20)(H,21,22). The van der Waals surface area contributed by atoms with Gasteiger partial charge in [-0.15, -0.1) is 0 Å². The number of benzene rings is 1. The van der Waals surface area contributed by atoms with E-state index in [1.807, 2.05) is 23.1 Å². The molecule has 3 rings (SSSR count). The zero-order valence-electron chi connectivity index (χ0n) is 12.8. The van der Waals surface area contributed by atoms with Gasteiger partial charge in [0.25, 0.3) is 0 Å². The first-order valence-corrected chi connectivity index (χ1v) is 7.47. The van der Waals surface area contributed by atoms with Crippen molar-refractivity contribution in [2.75, 3.05) is 18.0 Å². The van der Waals surface area contributed by atoms with Crippen LogP contribution in [0.5, 0.6) is 0 Å². The van der Waals surface area contributed by atoms with Crippen LogP contribution in [-0.4, -0.2) is 30.1 Å². The highest BCUT2D eigenvalue weighted by molar-refractivity contribution is 5.86. The Balaban J connectivity index is 1.57. The molecule has 0 fully saturated rings. The third-order valence-corrected chi connectivity index (χ3v) is 3.94. The third kappa shape index (κ3) is 3.21. The first-order valence-electron chi connectivity index (χ1n) is 7.47. The van der Waals surface area contributed by atoms with Crippen molar-refractivity contribution in [3.63, 3.8) is 0 Å². The van der Waals surface area contributed by atoms with E-state index in [0.717, 1.165) is 18.7 Å². The van der Waals surface area contributed by atoms with E-state index < -0.39 is 5.97 Å². The molecule has 2 aromatic rings. The number of aromatic carboxylic acids is 1. The van der Waals surface area contributed by atoms with Gasteiger partial charge in [0, 0.05) is 17.8 Å². The largest absolute Gasteiger partial charge is 0.475 e. The van der Waals surface area contributed by atoms with E-state index in [4.69, 9.17) is 9.52 Å². The zero-order chi connectivity index (χ0) is 16.4. The molecular formula is C17H18N2O4. The quantitative estimate of drug-likeness (QED) is 0.881. The summed E-state index contributed by atoms with van der Waals surface area (Å²) in [6.45, 7) is 2.96. The number of carboxylic acids is 1. The second-order valence-corrected chi connectivity index (χ2v) is 5.61. The summed E-state index contributed by atoms with van der Waals surface area (Å²) in [5, 5.41) is 11.7. The normalized spacial score (nSPS) is 13.0. The van der Waals surface area contributed by atoms with Gasteiger partial charge in [-0.1, -0.05) is 18.2 Å². The summed E-state index contributed by atoms with van der Waals surface area (Å²) in [5.74, 6) is -0.862. The van der Waals surface area contributed by atoms with Gasteiger partial charge in [0.2, 0.25) is 11.7 Å². The van der Waals surface area contributed by atoms with Crippen LogP contribution < -0.4 is 10.2 Å². The lowest BCUT2D eigenvalue weighted by atomic mass is 10.2.